The van der Waals surface area contributed by atoms with Gasteiger partial charge in [0.05, 0.1) is 12.7 Å². The minimum Gasteiger partial charge on any atom is -0.508 e. The van der Waals surface area contributed by atoms with Crippen LogP contribution in [0.3, 0.4) is 0 Å². The summed E-state index contributed by atoms with van der Waals surface area (Å²) in [6.07, 6.45) is 1.96. The number of nitrogens with zero attached hydrogens (tertiary/aromatic N) is 3. The van der Waals surface area contributed by atoms with E-state index in [0.717, 1.165) is 80.0 Å². The summed E-state index contributed by atoms with van der Waals surface area (Å²) in [5, 5.41) is 10.4. The fourth-order valence-electron chi connectivity index (χ4n) is 4.65. The highest BCUT2D eigenvalue weighted by molar-refractivity contribution is 6.08. The topological polar surface area (TPSA) is 57.9 Å². The summed E-state index contributed by atoms with van der Waals surface area (Å²) in [5.74, 6) is 1.20. The number of carbonyl (C=O) groups excluding carboxylic acids is 1. The first kappa shape index (κ1) is 22.2. The van der Waals surface area contributed by atoms with Crippen molar-refractivity contribution in [3.05, 3.63) is 59.3 Å². The number of ether oxygens (including phenoxy) is 1. The SMILES string of the molecule is CCCn1c(C)c(C(=O)N2CCN(CCc3ccc(O)cc3)CC2)c2cc(OC)ccc21. The van der Waals surface area contributed by atoms with Crippen molar-refractivity contribution >= 4 is 16.8 Å². The predicted molar refractivity (Wildman–Crippen MR) is 128 cm³/mol. The lowest BCUT2D eigenvalue weighted by atomic mass is 10.1. The van der Waals surface area contributed by atoms with Crippen LogP contribution in [0.4, 0.5) is 0 Å². The summed E-state index contributed by atoms with van der Waals surface area (Å²) in [6, 6.07) is 13.4. The molecule has 0 spiro atoms. The highest BCUT2D eigenvalue weighted by Crippen LogP contribution is 2.31. The Labute approximate surface area is 190 Å². The van der Waals surface area contributed by atoms with Crippen LogP contribution in [0.15, 0.2) is 42.5 Å². The average molecular weight is 436 g/mol. The number of hydrogen-bond acceptors (Lipinski definition) is 4. The van der Waals surface area contributed by atoms with Crippen molar-refractivity contribution in [2.24, 2.45) is 0 Å². The van der Waals surface area contributed by atoms with Crippen molar-refractivity contribution in [3.8, 4) is 11.5 Å². The lowest BCUT2D eigenvalue weighted by Crippen LogP contribution is -2.49. The standard InChI is InChI=1S/C26H33N3O3/c1-4-12-29-19(2)25(23-18-22(32-3)9-10-24(23)29)26(31)28-16-14-27(15-17-28)13-11-20-5-7-21(30)8-6-20/h5-10,18,30H,4,11-17H2,1-3H3. The van der Waals surface area contributed by atoms with Gasteiger partial charge in [0, 0.05) is 55.9 Å². The molecular formula is C26H33N3O3. The third-order valence-corrected chi connectivity index (χ3v) is 6.50. The summed E-state index contributed by atoms with van der Waals surface area (Å²) in [4.78, 5) is 18.0. The van der Waals surface area contributed by atoms with Crippen LogP contribution >= 0.6 is 0 Å². The van der Waals surface area contributed by atoms with E-state index < -0.39 is 0 Å². The van der Waals surface area contributed by atoms with Gasteiger partial charge in [-0.25, -0.2) is 0 Å². The van der Waals surface area contributed by atoms with Crippen molar-refractivity contribution in [1.29, 1.82) is 0 Å². The molecule has 6 nitrogen and oxygen atoms in total. The number of benzene rings is 2. The van der Waals surface area contributed by atoms with Gasteiger partial charge in [0.25, 0.3) is 5.91 Å². The molecule has 1 N–H and O–H groups in total. The maximum Gasteiger partial charge on any atom is 0.256 e. The number of aromatic hydroxyl groups is 1. The van der Waals surface area contributed by atoms with Crippen molar-refractivity contribution in [2.75, 3.05) is 39.8 Å². The molecule has 0 radical (unpaired) electrons. The van der Waals surface area contributed by atoms with Crippen LogP contribution in [0.25, 0.3) is 10.9 Å². The van der Waals surface area contributed by atoms with Crippen LogP contribution in [0.2, 0.25) is 0 Å². The second kappa shape index (κ2) is 9.65. The second-order valence-electron chi connectivity index (χ2n) is 8.55. The fourth-order valence-corrected chi connectivity index (χ4v) is 4.65. The Morgan fingerprint density at radius 3 is 2.41 bits per heavy atom. The van der Waals surface area contributed by atoms with E-state index in [4.69, 9.17) is 4.74 Å². The largest absolute Gasteiger partial charge is 0.508 e. The first-order valence-electron chi connectivity index (χ1n) is 11.5. The van der Waals surface area contributed by atoms with Gasteiger partial charge in [-0.15, -0.1) is 0 Å². The van der Waals surface area contributed by atoms with Gasteiger partial charge in [-0.05, 0) is 55.7 Å². The van der Waals surface area contributed by atoms with E-state index in [9.17, 15) is 9.90 Å². The smallest absolute Gasteiger partial charge is 0.256 e. The molecule has 4 rings (SSSR count). The van der Waals surface area contributed by atoms with E-state index in [1.165, 1.54) is 5.56 Å². The van der Waals surface area contributed by atoms with E-state index in [2.05, 4.69) is 29.4 Å². The van der Waals surface area contributed by atoms with Crippen LogP contribution in [-0.4, -0.2) is 65.2 Å². The molecule has 0 atom stereocenters. The molecule has 1 aliphatic heterocycles. The number of rotatable bonds is 7. The molecule has 0 bridgehead atoms. The number of phenolic OH excluding ortho intramolecular Hbond substituents is 1. The molecule has 2 aromatic carbocycles. The lowest BCUT2D eigenvalue weighted by molar-refractivity contribution is 0.0639. The summed E-state index contributed by atoms with van der Waals surface area (Å²) in [6.45, 7) is 9.29. The molecule has 1 fully saturated rings. The summed E-state index contributed by atoms with van der Waals surface area (Å²) in [5.41, 5.74) is 4.16. The zero-order valence-electron chi connectivity index (χ0n) is 19.3. The zero-order chi connectivity index (χ0) is 22.7. The van der Waals surface area contributed by atoms with Crippen molar-refractivity contribution in [2.45, 2.75) is 33.2 Å². The summed E-state index contributed by atoms with van der Waals surface area (Å²) >= 11 is 0. The third kappa shape index (κ3) is 4.46. The predicted octanol–water partition coefficient (Wildman–Crippen LogP) is 4.07. The highest BCUT2D eigenvalue weighted by Gasteiger charge is 2.27. The monoisotopic (exact) mass is 435 g/mol. The average Bonchev–Trinajstić information content (AvgIpc) is 3.09. The molecule has 3 aromatic rings. The molecule has 170 valence electrons. The van der Waals surface area contributed by atoms with Gasteiger partial charge in [-0.3, -0.25) is 9.69 Å². The van der Waals surface area contributed by atoms with Gasteiger partial charge in [-0.2, -0.15) is 0 Å². The maximum absolute atomic E-state index is 13.6. The highest BCUT2D eigenvalue weighted by atomic mass is 16.5. The first-order chi connectivity index (χ1) is 15.5. The number of aryl methyl sites for hydroxylation is 1. The number of methoxy groups -OCH3 is 1. The van der Waals surface area contributed by atoms with E-state index in [1.54, 1.807) is 19.2 Å². The maximum atomic E-state index is 13.6. The van der Waals surface area contributed by atoms with E-state index in [0.29, 0.717) is 5.75 Å². The molecule has 1 amide bonds. The summed E-state index contributed by atoms with van der Waals surface area (Å²) in [7, 11) is 1.66. The molecule has 32 heavy (non-hydrogen) atoms. The Morgan fingerprint density at radius 1 is 1.03 bits per heavy atom. The summed E-state index contributed by atoms with van der Waals surface area (Å²) < 4.78 is 7.70. The molecule has 1 saturated heterocycles. The zero-order valence-corrected chi connectivity index (χ0v) is 19.3. The van der Waals surface area contributed by atoms with Crippen LogP contribution < -0.4 is 4.74 Å². The van der Waals surface area contributed by atoms with Gasteiger partial charge in [0.15, 0.2) is 0 Å². The fraction of sp³-hybridized carbons (Fsp3) is 0.423. The van der Waals surface area contributed by atoms with Crippen LogP contribution in [0, 0.1) is 6.92 Å². The van der Waals surface area contributed by atoms with Crippen molar-refractivity contribution in [3.63, 3.8) is 0 Å². The molecule has 0 unspecified atom stereocenters. The molecule has 0 aliphatic carbocycles. The normalized spacial score (nSPS) is 14.8. The molecule has 6 heteroatoms. The van der Waals surface area contributed by atoms with Gasteiger partial charge in [0.1, 0.15) is 11.5 Å². The third-order valence-electron chi connectivity index (χ3n) is 6.50. The molecule has 1 aliphatic rings. The minimum atomic E-state index is 0.119. The van der Waals surface area contributed by atoms with Crippen LogP contribution in [0.5, 0.6) is 11.5 Å². The van der Waals surface area contributed by atoms with Gasteiger partial charge in [-0.1, -0.05) is 19.1 Å². The Hall–Kier alpha value is -2.99. The first-order valence-corrected chi connectivity index (χ1v) is 11.5. The number of piperazine rings is 1. The van der Waals surface area contributed by atoms with Crippen LogP contribution in [0.1, 0.15) is 35.0 Å². The molecular weight excluding hydrogens is 402 g/mol. The Balaban J connectivity index is 1.46. The lowest BCUT2D eigenvalue weighted by Gasteiger charge is -2.35. The van der Waals surface area contributed by atoms with E-state index in [1.807, 2.05) is 29.2 Å². The molecule has 2 heterocycles. The quantitative estimate of drug-likeness (QED) is 0.608. The Bertz CT molecular complexity index is 1080. The van der Waals surface area contributed by atoms with Crippen molar-refractivity contribution in [1.82, 2.24) is 14.4 Å². The number of amides is 1. The van der Waals surface area contributed by atoms with E-state index in [-0.39, 0.29) is 5.91 Å². The number of aromatic nitrogens is 1. The second-order valence-corrected chi connectivity index (χ2v) is 8.55. The number of carbonyl (C=O) groups is 1. The Morgan fingerprint density at radius 2 is 1.75 bits per heavy atom. The van der Waals surface area contributed by atoms with Gasteiger partial charge < -0.3 is 19.3 Å². The molecule has 1 aromatic heterocycles. The van der Waals surface area contributed by atoms with Crippen molar-refractivity contribution < 1.29 is 14.6 Å². The van der Waals surface area contributed by atoms with E-state index >= 15 is 0 Å². The number of hydrogen-bond donors (Lipinski definition) is 1. The van der Waals surface area contributed by atoms with Gasteiger partial charge in [0.2, 0.25) is 0 Å². The molecule has 0 saturated carbocycles. The van der Waals surface area contributed by atoms with Gasteiger partial charge >= 0.3 is 0 Å². The Kier molecular flexibility index (Phi) is 6.70. The minimum absolute atomic E-state index is 0.119. The number of fused-ring (bicyclic) bond motifs is 1. The van der Waals surface area contributed by atoms with Crippen LogP contribution in [-0.2, 0) is 13.0 Å². The number of phenols is 1.